The molecule has 1 saturated heterocycles. The summed E-state index contributed by atoms with van der Waals surface area (Å²) in [5.74, 6) is 0.572. The zero-order chi connectivity index (χ0) is 14.5. The first-order valence-electron chi connectivity index (χ1n) is 6.64. The van der Waals surface area contributed by atoms with Gasteiger partial charge in [-0.2, -0.15) is 5.26 Å². The molecule has 0 bridgehead atoms. The van der Waals surface area contributed by atoms with E-state index >= 15 is 0 Å². The first-order valence-corrected chi connectivity index (χ1v) is 6.64. The van der Waals surface area contributed by atoms with Gasteiger partial charge in [-0.1, -0.05) is 0 Å². The van der Waals surface area contributed by atoms with Crippen molar-refractivity contribution in [1.29, 1.82) is 5.26 Å². The van der Waals surface area contributed by atoms with Gasteiger partial charge in [-0.15, -0.1) is 0 Å². The molecule has 0 aromatic carbocycles. The summed E-state index contributed by atoms with van der Waals surface area (Å²) in [5.41, 5.74) is -0.216. The Morgan fingerprint density at radius 3 is 3.10 bits per heavy atom. The normalized spacial score (nSPS) is 19.9. The van der Waals surface area contributed by atoms with E-state index in [1.165, 1.54) is 12.3 Å². The number of nitrogens with one attached hydrogen (secondary N) is 2. The van der Waals surface area contributed by atoms with E-state index in [1.54, 1.807) is 0 Å². The average molecular weight is 275 g/mol. The Kier molecular flexibility index (Phi) is 4.48. The van der Waals surface area contributed by atoms with Gasteiger partial charge < -0.3 is 10.6 Å². The van der Waals surface area contributed by atoms with Gasteiger partial charge in [0, 0.05) is 12.2 Å². The highest BCUT2D eigenvalue weighted by molar-refractivity contribution is 5.64. The number of aromatic nitrogens is 1. The summed E-state index contributed by atoms with van der Waals surface area (Å²) in [5, 5.41) is 26.5. The van der Waals surface area contributed by atoms with Crippen molar-refractivity contribution in [3.63, 3.8) is 0 Å². The first-order chi connectivity index (χ1) is 9.63. The van der Waals surface area contributed by atoms with Gasteiger partial charge in [0.15, 0.2) is 0 Å². The molecule has 1 aliphatic rings. The zero-order valence-electron chi connectivity index (χ0n) is 11.3. The van der Waals surface area contributed by atoms with Crippen molar-refractivity contribution in [3.8, 4) is 6.07 Å². The van der Waals surface area contributed by atoms with E-state index in [-0.39, 0.29) is 23.1 Å². The molecule has 1 aromatic heterocycles. The van der Waals surface area contributed by atoms with Crippen LogP contribution in [0.5, 0.6) is 0 Å². The number of piperidine rings is 1. The molecule has 0 spiro atoms. The minimum absolute atomic E-state index is 0.0291. The van der Waals surface area contributed by atoms with Crippen molar-refractivity contribution in [2.24, 2.45) is 5.92 Å². The van der Waals surface area contributed by atoms with E-state index < -0.39 is 4.92 Å². The minimum Gasteiger partial charge on any atom is -0.362 e. The van der Waals surface area contributed by atoms with E-state index in [9.17, 15) is 10.1 Å². The Bertz CT molecular complexity index is 534. The number of nitrogens with zero attached hydrogens (tertiary/aromatic N) is 3. The summed E-state index contributed by atoms with van der Waals surface area (Å²) in [4.78, 5) is 14.6. The lowest BCUT2D eigenvalue weighted by Crippen LogP contribution is -2.39. The lowest BCUT2D eigenvalue weighted by Gasteiger charge is -2.29. The number of nitro groups is 1. The van der Waals surface area contributed by atoms with Crippen LogP contribution in [-0.4, -0.2) is 29.0 Å². The van der Waals surface area contributed by atoms with Crippen LogP contribution in [0.1, 0.15) is 25.3 Å². The van der Waals surface area contributed by atoms with Crippen LogP contribution < -0.4 is 10.6 Å². The van der Waals surface area contributed by atoms with Gasteiger partial charge in [0.25, 0.3) is 0 Å². The molecule has 1 aromatic rings. The third-order valence-corrected chi connectivity index (χ3v) is 3.63. The Morgan fingerprint density at radius 1 is 1.70 bits per heavy atom. The number of hydrogen-bond acceptors (Lipinski definition) is 6. The molecule has 2 heterocycles. The van der Waals surface area contributed by atoms with E-state index in [4.69, 9.17) is 5.26 Å². The summed E-state index contributed by atoms with van der Waals surface area (Å²) >= 11 is 0. The third kappa shape index (κ3) is 3.03. The van der Waals surface area contributed by atoms with Crippen molar-refractivity contribution in [2.75, 3.05) is 18.4 Å². The highest BCUT2D eigenvalue weighted by atomic mass is 16.6. The summed E-state index contributed by atoms with van der Waals surface area (Å²) in [6, 6.07) is 3.25. The highest BCUT2D eigenvalue weighted by Gasteiger charge is 2.25. The number of nitriles is 1. The molecule has 2 N–H and O–H groups in total. The molecule has 2 atom stereocenters. The number of rotatable bonds is 4. The Morgan fingerprint density at radius 2 is 2.50 bits per heavy atom. The molecule has 20 heavy (non-hydrogen) atoms. The summed E-state index contributed by atoms with van der Waals surface area (Å²) < 4.78 is 0. The maximum Gasteiger partial charge on any atom is 0.328 e. The van der Waals surface area contributed by atoms with Crippen LogP contribution in [-0.2, 0) is 0 Å². The number of pyridine rings is 1. The predicted octanol–water partition coefficient (Wildman–Crippen LogP) is 1.66. The van der Waals surface area contributed by atoms with Gasteiger partial charge in [-0.05, 0) is 44.8 Å². The minimum atomic E-state index is -0.556. The molecule has 7 heteroatoms. The molecule has 0 radical (unpaired) electrons. The standard InChI is InChI=1S/C13H17N5O2/c1-9(11-3-2-5-15-8-11)17-13-12(18(19)20)10(7-14)4-6-16-13/h4,6,9,11,15H,2-3,5,8H2,1H3,(H,16,17). The van der Waals surface area contributed by atoms with E-state index in [0.29, 0.717) is 5.92 Å². The molecular formula is C13H17N5O2. The van der Waals surface area contributed by atoms with Crippen LogP contribution in [0.2, 0.25) is 0 Å². The van der Waals surface area contributed by atoms with Crippen molar-refractivity contribution in [1.82, 2.24) is 10.3 Å². The molecule has 106 valence electrons. The van der Waals surface area contributed by atoms with Crippen molar-refractivity contribution in [3.05, 3.63) is 27.9 Å². The summed E-state index contributed by atoms with van der Waals surface area (Å²) in [7, 11) is 0. The number of anilines is 1. The van der Waals surface area contributed by atoms with Gasteiger partial charge in [0.1, 0.15) is 11.6 Å². The lowest BCUT2D eigenvalue weighted by atomic mass is 9.93. The molecular weight excluding hydrogens is 258 g/mol. The zero-order valence-corrected chi connectivity index (χ0v) is 11.3. The molecule has 0 amide bonds. The van der Waals surface area contributed by atoms with Crippen LogP contribution >= 0.6 is 0 Å². The average Bonchev–Trinajstić information content (AvgIpc) is 2.47. The molecule has 0 aliphatic carbocycles. The lowest BCUT2D eigenvalue weighted by molar-refractivity contribution is -0.384. The monoisotopic (exact) mass is 275 g/mol. The van der Waals surface area contributed by atoms with Crippen molar-refractivity contribution in [2.45, 2.75) is 25.8 Å². The third-order valence-electron chi connectivity index (χ3n) is 3.63. The van der Waals surface area contributed by atoms with Gasteiger partial charge in [0.2, 0.25) is 5.82 Å². The second-order valence-electron chi connectivity index (χ2n) is 4.96. The van der Waals surface area contributed by atoms with E-state index in [1.807, 2.05) is 13.0 Å². The molecule has 1 aliphatic heterocycles. The smallest absolute Gasteiger partial charge is 0.328 e. The van der Waals surface area contributed by atoms with Crippen LogP contribution in [0.15, 0.2) is 12.3 Å². The molecule has 0 saturated carbocycles. The van der Waals surface area contributed by atoms with E-state index in [2.05, 4.69) is 15.6 Å². The van der Waals surface area contributed by atoms with Crippen LogP contribution in [0, 0.1) is 27.4 Å². The molecule has 7 nitrogen and oxygen atoms in total. The fourth-order valence-corrected chi connectivity index (χ4v) is 2.47. The van der Waals surface area contributed by atoms with Gasteiger partial charge in [0.05, 0.1) is 4.92 Å². The Balaban J connectivity index is 2.20. The second kappa shape index (κ2) is 6.30. The van der Waals surface area contributed by atoms with E-state index in [0.717, 1.165) is 25.9 Å². The van der Waals surface area contributed by atoms with Crippen LogP contribution in [0.25, 0.3) is 0 Å². The highest BCUT2D eigenvalue weighted by Crippen LogP contribution is 2.27. The Hall–Kier alpha value is -2.20. The van der Waals surface area contributed by atoms with Crippen LogP contribution in [0.3, 0.4) is 0 Å². The molecule has 1 fully saturated rings. The van der Waals surface area contributed by atoms with Crippen molar-refractivity contribution >= 4 is 11.5 Å². The SMILES string of the molecule is CC(Nc1nccc(C#N)c1[N+](=O)[O-])C1CCCNC1. The fourth-order valence-electron chi connectivity index (χ4n) is 2.47. The molecule has 2 rings (SSSR count). The maximum atomic E-state index is 11.1. The quantitative estimate of drug-likeness (QED) is 0.639. The summed E-state index contributed by atoms with van der Waals surface area (Å²) in [6.45, 7) is 3.90. The van der Waals surface area contributed by atoms with Gasteiger partial charge in [-0.3, -0.25) is 10.1 Å². The summed E-state index contributed by atoms with van der Waals surface area (Å²) in [6.07, 6.45) is 3.59. The molecule has 2 unspecified atom stereocenters. The van der Waals surface area contributed by atoms with Gasteiger partial charge in [-0.25, -0.2) is 4.98 Å². The van der Waals surface area contributed by atoms with Gasteiger partial charge >= 0.3 is 5.69 Å². The van der Waals surface area contributed by atoms with Crippen molar-refractivity contribution < 1.29 is 4.92 Å². The topological polar surface area (TPSA) is 104 Å². The Labute approximate surface area is 117 Å². The first kappa shape index (κ1) is 14.2. The second-order valence-corrected chi connectivity index (χ2v) is 4.96. The van der Waals surface area contributed by atoms with Crippen LogP contribution in [0.4, 0.5) is 11.5 Å². The fraction of sp³-hybridized carbons (Fsp3) is 0.538. The number of hydrogen-bond donors (Lipinski definition) is 2. The largest absolute Gasteiger partial charge is 0.362 e. The maximum absolute atomic E-state index is 11.1. The predicted molar refractivity (Wildman–Crippen MR) is 74.3 cm³/mol.